The summed E-state index contributed by atoms with van der Waals surface area (Å²) in [4.78, 5) is 24.3. The molecule has 0 aliphatic rings. The second kappa shape index (κ2) is 10.5. The Bertz CT molecular complexity index is 1020. The highest BCUT2D eigenvalue weighted by Gasteiger charge is 2.17. The summed E-state index contributed by atoms with van der Waals surface area (Å²) in [6.45, 7) is 0.588. The van der Waals surface area contributed by atoms with Gasteiger partial charge in [0.05, 0.1) is 17.1 Å². The van der Waals surface area contributed by atoms with Crippen molar-refractivity contribution in [3.63, 3.8) is 0 Å². The average Bonchev–Trinajstić information content (AvgIpc) is 2.78. The van der Waals surface area contributed by atoms with Crippen LogP contribution in [0.25, 0.3) is 0 Å². The highest BCUT2D eigenvalue weighted by atomic mass is 79.9. The number of esters is 2. The fourth-order valence-corrected chi connectivity index (χ4v) is 3.03. The quantitative estimate of drug-likeness (QED) is 0.264. The van der Waals surface area contributed by atoms with Crippen LogP contribution in [0.5, 0.6) is 17.2 Å². The fourth-order valence-electron chi connectivity index (χ4n) is 2.57. The van der Waals surface area contributed by atoms with Gasteiger partial charge in [0.1, 0.15) is 36.0 Å². The van der Waals surface area contributed by atoms with E-state index in [1.54, 1.807) is 24.3 Å². The molecule has 0 fully saturated rings. The summed E-state index contributed by atoms with van der Waals surface area (Å²) in [6.07, 6.45) is 0. The van der Waals surface area contributed by atoms with Crippen LogP contribution in [-0.4, -0.2) is 32.3 Å². The van der Waals surface area contributed by atoms with Crippen molar-refractivity contribution >= 4 is 27.9 Å². The zero-order valence-electron chi connectivity index (χ0n) is 16.2. The number of ether oxygens (including phenoxy) is 4. The summed E-state index contributed by atoms with van der Waals surface area (Å²) in [5, 5.41) is 0. The van der Waals surface area contributed by atoms with Crippen molar-refractivity contribution in [3.05, 3.63) is 88.4 Å². The van der Waals surface area contributed by atoms with Gasteiger partial charge in [0.15, 0.2) is 0 Å². The maximum atomic E-state index is 12.7. The van der Waals surface area contributed by atoms with Crippen LogP contribution in [0.3, 0.4) is 0 Å². The summed E-state index contributed by atoms with van der Waals surface area (Å²) in [5.41, 5.74) is 0.618. The minimum absolute atomic E-state index is 0.261. The van der Waals surface area contributed by atoms with Gasteiger partial charge in [-0.3, -0.25) is 0 Å². The first-order valence-electron chi connectivity index (χ1n) is 9.08. The van der Waals surface area contributed by atoms with Crippen LogP contribution in [0.15, 0.2) is 77.3 Å². The Hall–Kier alpha value is -3.32. The lowest BCUT2D eigenvalue weighted by molar-refractivity contribution is 0.0600. The molecule has 0 radical (unpaired) electrons. The van der Waals surface area contributed by atoms with Crippen LogP contribution in [0.2, 0.25) is 0 Å². The van der Waals surface area contributed by atoms with Crippen LogP contribution in [0.4, 0.5) is 0 Å². The summed E-state index contributed by atoms with van der Waals surface area (Å²) in [7, 11) is 1.30. The van der Waals surface area contributed by atoms with Gasteiger partial charge in [-0.05, 0) is 58.4 Å². The molecule has 0 saturated heterocycles. The Morgan fingerprint density at radius 3 is 2.23 bits per heavy atom. The van der Waals surface area contributed by atoms with Gasteiger partial charge in [-0.25, -0.2) is 9.59 Å². The van der Waals surface area contributed by atoms with Crippen LogP contribution in [0, 0.1) is 0 Å². The summed E-state index contributed by atoms with van der Waals surface area (Å²) >= 11 is 3.30. The third-order valence-electron chi connectivity index (χ3n) is 4.02. The Kier molecular flexibility index (Phi) is 7.45. The number of hydrogen-bond donors (Lipinski definition) is 0. The van der Waals surface area contributed by atoms with Crippen molar-refractivity contribution in [1.82, 2.24) is 0 Å². The van der Waals surface area contributed by atoms with Crippen molar-refractivity contribution < 1.29 is 28.5 Å². The molecule has 30 heavy (non-hydrogen) atoms. The van der Waals surface area contributed by atoms with Gasteiger partial charge in [0, 0.05) is 0 Å². The number of carbonyl (C=O) groups is 2. The monoisotopic (exact) mass is 470 g/mol. The van der Waals surface area contributed by atoms with Crippen LogP contribution < -0.4 is 14.2 Å². The van der Waals surface area contributed by atoms with Gasteiger partial charge < -0.3 is 18.9 Å². The molecule has 3 aromatic rings. The van der Waals surface area contributed by atoms with E-state index in [0.29, 0.717) is 22.4 Å². The second-order valence-electron chi connectivity index (χ2n) is 6.03. The van der Waals surface area contributed by atoms with Gasteiger partial charge >= 0.3 is 11.9 Å². The first kappa shape index (κ1) is 21.4. The number of para-hydroxylation sites is 2. The van der Waals surface area contributed by atoms with E-state index in [-0.39, 0.29) is 17.9 Å². The molecule has 0 amide bonds. The molecule has 0 aliphatic carbocycles. The molecule has 6 nitrogen and oxygen atoms in total. The predicted octanol–water partition coefficient (Wildman–Crippen LogP) is 4.91. The molecular formula is C23H19BrO6. The van der Waals surface area contributed by atoms with Crippen LogP contribution in [0.1, 0.15) is 20.7 Å². The van der Waals surface area contributed by atoms with Crippen molar-refractivity contribution in [2.45, 2.75) is 0 Å². The highest BCUT2D eigenvalue weighted by Crippen LogP contribution is 2.28. The second-order valence-corrected chi connectivity index (χ2v) is 6.89. The molecule has 154 valence electrons. The van der Waals surface area contributed by atoms with Crippen LogP contribution in [-0.2, 0) is 4.74 Å². The van der Waals surface area contributed by atoms with E-state index in [0.717, 1.165) is 5.75 Å². The fraction of sp³-hybridized carbons (Fsp3) is 0.130. The third kappa shape index (κ3) is 5.61. The number of benzene rings is 3. The molecule has 0 heterocycles. The molecule has 0 spiro atoms. The maximum absolute atomic E-state index is 12.7. The number of carbonyl (C=O) groups excluding carboxylic acids is 2. The maximum Gasteiger partial charge on any atom is 0.347 e. The van der Waals surface area contributed by atoms with Crippen molar-refractivity contribution in [2.75, 3.05) is 20.3 Å². The molecule has 0 unspecified atom stereocenters. The Labute approximate surface area is 182 Å². The first-order chi connectivity index (χ1) is 14.6. The number of methoxy groups -OCH3 is 1. The Morgan fingerprint density at radius 2 is 1.50 bits per heavy atom. The summed E-state index contributed by atoms with van der Waals surface area (Å²) < 4.78 is 21.9. The lowest BCUT2D eigenvalue weighted by Gasteiger charge is -2.12. The van der Waals surface area contributed by atoms with E-state index < -0.39 is 11.9 Å². The highest BCUT2D eigenvalue weighted by molar-refractivity contribution is 9.10. The molecule has 0 N–H and O–H groups in total. The van der Waals surface area contributed by atoms with Crippen LogP contribution >= 0.6 is 15.9 Å². The zero-order valence-corrected chi connectivity index (χ0v) is 17.8. The SMILES string of the molecule is COC(=O)c1ccc(OC(=O)c2ccccc2OCCOc2ccccc2)c(Br)c1. The number of rotatable bonds is 8. The molecule has 3 rings (SSSR count). The van der Waals surface area contributed by atoms with E-state index in [2.05, 4.69) is 20.7 Å². The normalized spacial score (nSPS) is 10.2. The summed E-state index contributed by atoms with van der Waals surface area (Å²) in [6, 6.07) is 20.8. The minimum Gasteiger partial charge on any atom is -0.490 e. The average molecular weight is 471 g/mol. The van der Waals surface area contributed by atoms with E-state index in [1.807, 2.05) is 30.3 Å². The van der Waals surface area contributed by atoms with Gasteiger partial charge in [0.25, 0.3) is 0 Å². The smallest absolute Gasteiger partial charge is 0.347 e. The predicted molar refractivity (Wildman–Crippen MR) is 114 cm³/mol. The minimum atomic E-state index is -0.582. The molecule has 7 heteroatoms. The van der Waals surface area contributed by atoms with E-state index in [4.69, 9.17) is 14.2 Å². The van der Waals surface area contributed by atoms with E-state index >= 15 is 0 Å². The van der Waals surface area contributed by atoms with Crippen molar-refractivity contribution in [3.8, 4) is 17.2 Å². The lowest BCUT2D eigenvalue weighted by atomic mass is 10.2. The van der Waals surface area contributed by atoms with E-state index in [1.165, 1.54) is 25.3 Å². The van der Waals surface area contributed by atoms with Gasteiger partial charge in [-0.1, -0.05) is 30.3 Å². The first-order valence-corrected chi connectivity index (χ1v) is 9.87. The van der Waals surface area contributed by atoms with Crippen molar-refractivity contribution in [2.24, 2.45) is 0 Å². The molecule has 3 aromatic carbocycles. The van der Waals surface area contributed by atoms with E-state index in [9.17, 15) is 9.59 Å². The zero-order chi connectivity index (χ0) is 21.3. The molecule has 0 aliphatic heterocycles. The molecular weight excluding hydrogens is 452 g/mol. The number of hydrogen-bond acceptors (Lipinski definition) is 6. The Morgan fingerprint density at radius 1 is 0.800 bits per heavy atom. The van der Waals surface area contributed by atoms with Gasteiger partial charge in [-0.2, -0.15) is 0 Å². The molecule has 0 saturated carbocycles. The molecule has 0 bridgehead atoms. The lowest BCUT2D eigenvalue weighted by Crippen LogP contribution is -2.14. The molecule has 0 atom stereocenters. The summed E-state index contributed by atoms with van der Waals surface area (Å²) in [5.74, 6) is 0.344. The topological polar surface area (TPSA) is 71.1 Å². The van der Waals surface area contributed by atoms with Crippen molar-refractivity contribution in [1.29, 1.82) is 0 Å². The number of halogens is 1. The Balaban J connectivity index is 1.63. The standard InChI is InChI=1S/C23H19BrO6/c1-27-22(25)16-11-12-21(19(24)15-16)30-23(26)18-9-5-6-10-20(18)29-14-13-28-17-7-3-2-4-8-17/h2-12,15H,13-14H2,1H3. The third-order valence-corrected chi connectivity index (χ3v) is 4.64. The van der Waals surface area contributed by atoms with Gasteiger partial charge in [-0.15, -0.1) is 0 Å². The molecule has 0 aromatic heterocycles. The largest absolute Gasteiger partial charge is 0.490 e. The van der Waals surface area contributed by atoms with Gasteiger partial charge in [0.2, 0.25) is 0 Å².